The number of hydrogen-bond donors (Lipinski definition) is 0. The Bertz CT molecular complexity index is 523. The Balaban J connectivity index is 2.27. The molecule has 1 amide bonds. The number of anilines is 1. The number of ether oxygens (including phenoxy) is 2. The van der Waals surface area contributed by atoms with E-state index in [1.165, 1.54) is 7.11 Å². The number of carbonyl (C=O) groups is 2. The molecular weight excluding hydrogens is 258 g/mol. The molecule has 1 saturated heterocycles. The Labute approximate surface area is 117 Å². The van der Waals surface area contributed by atoms with Crippen molar-refractivity contribution < 1.29 is 19.1 Å². The summed E-state index contributed by atoms with van der Waals surface area (Å²) >= 11 is 0. The van der Waals surface area contributed by atoms with Crippen LogP contribution in [0.25, 0.3) is 0 Å². The van der Waals surface area contributed by atoms with E-state index in [9.17, 15) is 9.59 Å². The molecule has 0 aromatic heterocycles. The third kappa shape index (κ3) is 2.39. The van der Waals surface area contributed by atoms with E-state index < -0.39 is 11.9 Å². The van der Waals surface area contributed by atoms with Gasteiger partial charge in [-0.05, 0) is 24.3 Å². The second-order valence-corrected chi connectivity index (χ2v) is 4.55. The monoisotopic (exact) mass is 275 g/mol. The van der Waals surface area contributed by atoms with E-state index in [2.05, 4.69) is 6.58 Å². The molecule has 1 fully saturated rings. The van der Waals surface area contributed by atoms with E-state index >= 15 is 0 Å². The van der Waals surface area contributed by atoms with Gasteiger partial charge in [0, 0.05) is 18.2 Å². The van der Waals surface area contributed by atoms with Crippen LogP contribution in [0.3, 0.4) is 0 Å². The van der Waals surface area contributed by atoms with Crippen molar-refractivity contribution in [2.45, 2.75) is 0 Å². The van der Waals surface area contributed by atoms with Gasteiger partial charge in [0.05, 0.1) is 14.2 Å². The van der Waals surface area contributed by atoms with Gasteiger partial charge < -0.3 is 14.4 Å². The van der Waals surface area contributed by atoms with Crippen molar-refractivity contribution in [3.63, 3.8) is 0 Å². The topological polar surface area (TPSA) is 55.8 Å². The zero-order valence-electron chi connectivity index (χ0n) is 11.5. The van der Waals surface area contributed by atoms with Gasteiger partial charge in [0.2, 0.25) is 5.91 Å². The van der Waals surface area contributed by atoms with Crippen LogP contribution in [0.2, 0.25) is 0 Å². The van der Waals surface area contributed by atoms with Crippen molar-refractivity contribution >= 4 is 17.6 Å². The number of nitrogens with zero attached hydrogens (tertiary/aromatic N) is 1. The van der Waals surface area contributed by atoms with Crippen LogP contribution >= 0.6 is 0 Å². The molecule has 0 saturated carbocycles. The molecule has 0 radical (unpaired) electrons. The highest BCUT2D eigenvalue weighted by Gasteiger charge is 2.44. The summed E-state index contributed by atoms with van der Waals surface area (Å²) in [7, 11) is 2.86. The van der Waals surface area contributed by atoms with Crippen molar-refractivity contribution in [2.24, 2.45) is 11.8 Å². The van der Waals surface area contributed by atoms with Crippen molar-refractivity contribution in [1.29, 1.82) is 0 Å². The lowest BCUT2D eigenvalue weighted by molar-refractivity contribution is -0.149. The Morgan fingerprint density at radius 1 is 1.35 bits per heavy atom. The molecule has 1 heterocycles. The zero-order valence-corrected chi connectivity index (χ0v) is 11.5. The maximum atomic E-state index is 12.4. The number of benzene rings is 1. The normalized spacial score (nSPS) is 21.7. The van der Waals surface area contributed by atoms with E-state index in [0.717, 1.165) is 5.69 Å². The highest BCUT2D eigenvalue weighted by molar-refractivity contribution is 6.08. The molecule has 106 valence electrons. The molecule has 1 aliphatic rings. The number of rotatable bonds is 4. The fraction of sp³-hybridized carbons (Fsp3) is 0.333. The first-order valence-electron chi connectivity index (χ1n) is 6.28. The van der Waals surface area contributed by atoms with Gasteiger partial charge in [-0.1, -0.05) is 6.08 Å². The van der Waals surface area contributed by atoms with Crippen LogP contribution < -0.4 is 9.64 Å². The summed E-state index contributed by atoms with van der Waals surface area (Å²) < 4.78 is 9.79. The molecule has 2 atom stereocenters. The van der Waals surface area contributed by atoms with Crippen molar-refractivity contribution in [2.75, 3.05) is 25.7 Å². The van der Waals surface area contributed by atoms with E-state index in [0.29, 0.717) is 12.3 Å². The lowest BCUT2D eigenvalue weighted by Gasteiger charge is -2.16. The summed E-state index contributed by atoms with van der Waals surface area (Å²) in [5, 5.41) is 0. The minimum Gasteiger partial charge on any atom is -0.497 e. The molecule has 0 unspecified atom stereocenters. The zero-order chi connectivity index (χ0) is 14.7. The molecule has 0 aliphatic carbocycles. The number of methoxy groups -OCH3 is 2. The highest BCUT2D eigenvalue weighted by atomic mass is 16.5. The first kappa shape index (κ1) is 14.1. The summed E-state index contributed by atoms with van der Waals surface area (Å²) in [5.74, 6) is -1.11. The highest BCUT2D eigenvalue weighted by Crippen LogP contribution is 2.31. The first-order valence-corrected chi connectivity index (χ1v) is 6.28. The van der Waals surface area contributed by atoms with Gasteiger partial charge >= 0.3 is 5.97 Å². The summed E-state index contributed by atoms with van der Waals surface area (Å²) in [4.78, 5) is 25.7. The molecule has 2 rings (SSSR count). The molecule has 5 heteroatoms. The summed E-state index contributed by atoms with van der Waals surface area (Å²) in [6.45, 7) is 4.12. The van der Waals surface area contributed by atoms with Gasteiger partial charge in [-0.3, -0.25) is 9.59 Å². The largest absolute Gasteiger partial charge is 0.497 e. The van der Waals surface area contributed by atoms with Gasteiger partial charge in [0.15, 0.2) is 0 Å². The molecule has 0 bridgehead atoms. The SMILES string of the molecule is C=C[C@H]1CN(c2ccc(OC)cc2)C(=O)[C@@H]1C(=O)OC. The quantitative estimate of drug-likeness (QED) is 0.476. The summed E-state index contributed by atoms with van der Waals surface area (Å²) in [5.41, 5.74) is 0.731. The summed E-state index contributed by atoms with van der Waals surface area (Å²) in [6, 6.07) is 7.13. The van der Waals surface area contributed by atoms with Gasteiger partial charge in [-0.2, -0.15) is 0 Å². The predicted octanol–water partition coefficient (Wildman–Crippen LogP) is 1.63. The molecule has 1 aromatic rings. The fourth-order valence-electron chi connectivity index (χ4n) is 2.37. The maximum absolute atomic E-state index is 12.4. The van der Waals surface area contributed by atoms with Crippen LogP contribution in [0.4, 0.5) is 5.69 Å². The Morgan fingerprint density at radius 3 is 2.50 bits per heavy atom. The van der Waals surface area contributed by atoms with Crippen LogP contribution in [0.15, 0.2) is 36.9 Å². The first-order chi connectivity index (χ1) is 9.62. The van der Waals surface area contributed by atoms with Gasteiger partial charge in [0.25, 0.3) is 0 Å². The molecule has 20 heavy (non-hydrogen) atoms. The van der Waals surface area contributed by atoms with E-state index in [-0.39, 0.29) is 11.8 Å². The second-order valence-electron chi connectivity index (χ2n) is 4.55. The van der Waals surface area contributed by atoms with Gasteiger partial charge in [-0.15, -0.1) is 6.58 Å². The van der Waals surface area contributed by atoms with Crippen LogP contribution in [-0.2, 0) is 14.3 Å². The fourth-order valence-corrected chi connectivity index (χ4v) is 2.37. The van der Waals surface area contributed by atoms with E-state index in [4.69, 9.17) is 9.47 Å². The third-order valence-corrected chi connectivity index (χ3v) is 3.50. The maximum Gasteiger partial charge on any atom is 0.318 e. The average Bonchev–Trinajstić information content (AvgIpc) is 2.83. The number of hydrogen-bond acceptors (Lipinski definition) is 4. The van der Waals surface area contributed by atoms with Crippen LogP contribution in [-0.4, -0.2) is 32.6 Å². The average molecular weight is 275 g/mol. The smallest absolute Gasteiger partial charge is 0.318 e. The van der Waals surface area contributed by atoms with E-state index in [1.54, 1.807) is 42.4 Å². The number of esters is 1. The standard InChI is InChI=1S/C15H17NO4/c1-4-10-9-16(14(17)13(10)15(18)20-3)11-5-7-12(19-2)8-6-11/h4-8,10,13H,1,9H2,2-3H3/t10-,13+/m0/s1. The summed E-state index contributed by atoms with van der Waals surface area (Å²) in [6.07, 6.45) is 1.63. The minimum atomic E-state index is -0.806. The lowest BCUT2D eigenvalue weighted by Crippen LogP contribution is -2.31. The van der Waals surface area contributed by atoms with E-state index in [1.807, 2.05) is 0 Å². The molecule has 0 N–H and O–H groups in total. The minimum absolute atomic E-state index is 0.239. The van der Waals surface area contributed by atoms with Crippen molar-refractivity contribution in [1.82, 2.24) is 0 Å². The van der Waals surface area contributed by atoms with Gasteiger partial charge in [0.1, 0.15) is 11.7 Å². The molecular formula is C15H17NO4. The Kier molecular flexibility index (Phi) is 4.08. The van der Waals surface area contributed by atoms with Gasteiger partial charge in [-0.25, -0.2) is 0 Å². The number of amides is 1. The van der Waals surface area contributed by atoms with Crippen molar-refractivity contribution in [3.05, 3.63) is 36.9 Å². The molecule has 0 spiro atoms. The third-order valence-electron chi connectivity index (χ3n) is 3.50. The lowest BCUT2D eigenvalue weighted by atomic mass is 9.96. The Morgan fingerprint density at radius 2 is 2.00 bits per heavy atom. The second kappa shape index (κ2) is 5.77. The van der Waals surface area contributed by atoms with Crippen molar-refractivity contribution in [3.8, 4) is 5.75 Å². The Hall–Kier alpha value is -2.30. The van der Waals surface area contributed by atoms with Crippen LogP contribution in [0.5, 0.6) is 5.75 Å². The van der Waals surface area contributed by atoms with Crippen LogP contribution in [0, 0.1) is 11.8 Å². The predicted molar refractivity (Wildman–Crippen MR) is 74.5 cm³/mol. The number of carbonyl (C=O) groups excluding carboxylic acids is 2. The molecule has 1 aliphatic heterocycles. The molecule has 1 aromatic carbocycles. The van der Waals surface area contributed by atoms with Crippen LogP contribution in [0.1, 0.15) is 0 Å². The molecule has 5 nitrogen and oxygen atoms in total.